The normalized spacial score (nSPS) is 11.5. The molecule has 5 heteroatoms. The summed E-state index contributed by atoms with van der Waals surface area (Å²) >= 11 is 3.62. The van der Waals surface area contributed by atoms with Crippen molar-refractivity contribution in [2.75, 3.05) is 26.2 Å². The fourth-order valence-electron chi connectivity index (χ4n) is 4.24. The first-order chi connectivity index (χ1) is 16.0. The van der Waals surface area contributed by atoms with Crippen molar-refractivity contribution in [3.63, 3.8) is 0 Å². The minimum absolute atomic E-state index is 0.0246. The number of nitrogens with zero attached hydrogens (tertiary/aromatic N) is 2. The first kappa shape index (κ1) is 25.5. The lowest BCUT2D eigenvalue weighted by Gasteiger charge is -2.22. The number of unbranched alkanes of at least 4 members (excludes halogenated alkanes) is 2. The van der Waals surface area contributed by atoms with Gasteiger partial charge < -0.3 is 14.0 Å². The number of carbonyl (C=O) groups is 1. The Balaban J connectivity index is 1.63. The van der Waals surface area contributed by atoms with Crippen LogP contribution in [0.3, 0.4) is 0 Å². The molecular formula is C28H37BrN2O2. The minimum Gasteiger partial charge on any atom is -0.492 e. The van der Waals surface area contributed by atoms with E-state index in [1.165, 1.54) is 38.8 Å². The van der Waals surface area contributed by atoms with Gasteiger partial charge in [-0.1, -0.05) is 32.8 Å². The molecule has 0 spiro atoms. The Morgan fingerprint density at radius 1 is 0.970 bits per heavy atom. The molecule has 0 saturated carbocycles. The molecule has 0 saturated heterocycles. The van der Waals surface area contributed by atoms with Crippen LogP contribution in [0.5, 0.6) is 5.75 Å². The van der Waals surface area contributed by atoms with Crippen LogP contribution in [0.4, 0.5) is 0 Å². The molecule has 2 heterocycles. The number of carbonyl (C=O) groups excluding carboxylic acids is 1. The molecule has 0 amide bonds. The summed E-state index contributed by atoms with van der Waals surface area (Å²) in [6, 6.07) is 11.7. The molecule has 0 aliphatic rings. The molecule has 178 valence electrons. The van der Waals surface area contributed by atoms with E-state index < -0.39 is 0 Å². The standard InChI is InChI=1S/C28H37BrN2O2/c1-5-7-15-30(16-8-6-2)17-11-19-33-26-14-13-23(20-24(26)29)28(32)27-22(4)21(3)25-12-9-10-18-31(25)27/h9-10,12-14,18,20H,5-8,11,15-17,19H2,1-4H3. The lowest BCUT2D eigenvalue weighted by atomic mass is 10.0. The van der Waals surface area contributed by atoms with Gasteiger partial charge in [-0.3, -0.25) is 4.79 Å². The first-order valence-electron chi connectivity index (χ1n) is 12.2. The second-order valence-corrected chi connectivity index (χ2v) is 9.63. The molecule has 0 N–H and O–H groups in total. The number of fused-ring (bicyclic) bond motifs is 1. The number of hydrogen-bond acceptors (Lipinski definition) is 3. The van der Waals surface area contributed by atoms with E-state index >= 15 is 0 Å². The lowest BCUT2D eigenvalue weighted by molar-refractivity contribution is 0.103. The number of pyridine rings is 1. The van der Waals surface area contributed by atoms with Crippen molar-refractivity contribution in [3.05, 3.63) is 69.5 Å². The van der Waals surface area contributed by atoms with Gasteiger partial charge in [0.15, 0.2) is 0 Å². The number of benzene rings is 1. The molecule has 3 aromatic rings. The average molecular weight is 514 g/mol. The third-order valence-electron chi connectivity index (χ3n) is 6.34. The Morgan fingerprint density at radius 2 is 1.67 bits per heavy atom. The van der Waals surface area contributed by atoms with Gasteiger partial charge >= 0.3 is 0 Å². The highest BCUT2D eigenvalue weighted by Crippen LogP contribution is 2.29. The fourth-order valence-corrected chi connectivity index (χ4v) is 4.73. The molecule has 0 bridgehead atoms. The van der Waals surface area contributed by atoms with E-state index in [0.717, 1.165) is 45.5 Å². The van der Waals surface area contributed by atoms with Crippen LogP contribution in [0, 0.1) is 13.8 Å². The quantitative estimate of drug-likeness (QED) is 0.179. The van der Waals surface area contributed by atoms with E-state index in [1.807, 2.05) is 47.9 Å². The third kappa shape index (κ3) is 6.27. The molecule has 0 atom stereocenters. The van der Waals surface area contributed by atoms with Gasteiger partial charge in [0.25, 0.3) is 0 Å². The largest absolute Gasteiger partial charge is 0.492 e. The molecule has 0 aliphatic heterocycles. The van der Waals surface area contributed by atoms with Crippen molar-refractivity contribution in [1.29, 1.82) is 0 Å². The fraction of sp³-hybridized carbons (Fsp3) is 0.464. The summed E-state index contributed by atoms with van der Waals surface area (Å²) in [4.78, 5) is 15.9. The first-order valence-corrected chi connectivity index (χ1v) is 13.0. The number of halogens is 1. The Morgan fingerprint density at radius 3 is 2.33 bits per heavy atom. The molecule has 4 nitrogen and oxygen atoms in total. The number of aryl methyl sites for hydroxylation is 1. The summed E-state index contributed by atoms with van der Waals surface area (Å²) in [7, 11) is 0. The van der Waals surface area contributed by atoms with E-state index in [1.54, 1.807) is 0 Å². The predicted octanol–water partition coefficient (Wildman–Crippen LogP) is 7.22. The van der Waals surface area contributed by atoms with Gasteiger partial charge in [-0.2, -0.15) is 0 Å². The van der Waals surface area contributed by atoms with Crippen LogP contribution < -0.4 is 4.74 Å². The maximum absolute atomic E-state index is 13.4. The number of aromatic nitrogens is 1. The monoisotopic (exact) mass is 512 g/mol. The van der Waals surface area contributed by atoms with Gasteiger partial charge in [-0.25, -0.2) is 0 Å². The summed E-state index contributed by atoms with van der Waals surface area (Å²) in [5.41, 5.74) is 4.63. The van der Waals surface area contributed by atoms with Crippen molar-refractivity contribution in [1.82, 2.24) is 9.30 Å². The molecule has 0 radical (unpaired) electrons. The Hall–Kier alpha value is -2.11. The van der Waals surface area contributed by atoms with Gasteiger partial charge in [0.2, 0.25) is 5.78 Å². The van der Waals surface area contributed by atoms with Crippen LogP contribution in [0.25, 0.3) is 5.52 Å². The Kier molecular flexibility index (Phi) is 9.57. The Bertz CT molecular complexity index is 1070. The SMILES string of the molecule is CCCCN(CCCC)CCCOc1ccc(C(=O)c2c(C)c(C)c3ccccn23)cc1Br. The zero-order valence-electron chi connectivity index (χ0n) is 20.5. The van der Waals surface area contributed by atoms with Gasteiger partial charge in [0, 0.05) is 23.8 Å². The van der Waals surface area contributed by atoms with Gasteiger partial charge in [0.1, 0.15) is 5.75 Å². The number of ether oxygens (including phenoxy) is 1. The summed E-state index contributed by atoms with van der Waals surface area (Å²) < 4.78 is 8.86. The van der Waals surface area contributed by atoms with Crippen molar-refractivity contribution in [3.8, 4) is 5.75 Å². The van der Waals surface area contributed by atoms with E-state index in [4.69, 9.17) is 4.74 Å². The van der Waals surface area contributed by atoms with Gasteiger partial charge in [0.05, 0.1) is 16.8 Å². The summed E-state index contributed by atoms with van der Waals surface area (Å²) in [6.07, 6.45) is 7.92. The highest BCUT2D eigenvalue weighted by Gasteiger charge is 2.20. The number of ketones is 1. The second-order valence-electron chi connectivity index (χ2n) is 8.78. The van der Waals surface area contributed by atoms with Gasteiger partial charge in [-0.05, 0) is 104 Å². The molecule has 0 unspecified atom stereocenters. The number of hydrogen-bond donors (Lipinski definition) is 0. The highest BCUT2D eigenvalue weighted by atomic mass is 79.9. The van der Waals surface area contributed by atoms with Crippen LogP contribution in [-0.4, -0.2) is 41.3 Å². The zero-order valence-corrected chi connectivity index (χ0v) is 22.1. The van der Waals surface area contributed by atoms with Crippen molar-refractivity contribution in [2.24, 2.45) is 0 Å². The predicted molar refractivity (Wildman–Crippen MR) is 141 cm³/mol. The average Bonchev–Trinajstić information content (AvgIpc) is 3.08. The van der Waals surface area contributed by atoms with Crippen LogP contribution in [-0.2, 0) is 0 Å². The summed E-state index contributed by atoms with van der Waals surface area (Å²) in [6.45, 7) is 12.7. The van der Waals surface area contributed by atoms with Crippen molar-refractivity contribution < 1.29 is 9.53 Å². The van der Waals surface area contributed by atoms with Crippen LogP contribution in [0.15, 0.2) is 47.1 Å². The molecule has 3 rings (SSSR count). The maximum Gasteiger partial charge on any atom is 0.210 e. The maximum atomic E-state index is 13.4. The van der Waals surface area contributed by atoms with Crippen LogP contribution >= 0.6 is 15.9 Å². The highest BCUT2D eigenvalue weighted by molar-refractivity contribution is 9.10. The molecule has 33 heavy (non-hydrogen) atoms. The van der Waals surface area contributed by atoms with Crippen molar-refractivity contribution in [2.45, 2.75) is 59.8 Å². The third-order valence-corrected chi connectivity index (χ3v) is 6.96. The second kappa shape index (κ2) is 12.4. The van der Waals surface area contributed by atoms with E-state index in [2.05, 4.69) is 47.7 Å². The summed E-state index contributed by atoms with van der Waals surface area (Å²) in [5, 5.41) is 0. The zero-order chi connectivity index (χ0) is 23.8. The minimum atomic E-state index is 0.0246. The van der Waals surface area contributed by atoms with E-state index in [-0.39, 0.29) is 5.78 Å². The molecule has 1 aromatic carbocycles. The molecule has 0 fully saturated rings. The number of rotatable bonds is 13. The van der Waals surface area contributed by atoms with Gasteiger partial charge in [-0.15, -0.1) is 0 Å². The topological polar surface area (TPSA) is 34.0 Å². The molecule has 2 aromatic heterocycles. The Labute approximate surface area is 207 Å². The molecule has 0 aliphatic carbocycles. The van der Waals surface area contributed by atoms with E-state index in [0.29, 0.717) is 12.2 Å². The summed E-state index contributed by atoms with van der Waals surface area (Å²) in [5.74, 6) is 0.810. The lowest BCUT2D eigenvalue weighted by Crippen LogP contribution is -2.28. The molecular weight excluding hydrogens is 476 g/mol. The van der Waals surface area contributed by atoms with Crippen LogP contribution in [0.2, 0.25) is 0 Å². The smallest absolute Gasteiger partial charge is 0.210 e. The van der Waals surface area contributed by atoms with Crippen LogP contribution in [0.1, 0.15) is 73.1 Å². The van der Waals surface area contributed by atoms with E-state index in [9.17, 15) is 4.79 Å². The van der Waals surface area contributed by atoms with Crippen molar-refractivity contribution >= 4 is 27.2 Å².